The number of ether oxygens (including phenoxy) is 2. The summed E-state index contributed by atoms with van der Waals surface area (Å²) in [6, 6.07) is 14.1. The molecule has 136 valence electrons. The molecule has 2 amide bonds. The summed E-state index contributed by atoms with van der Waals surface area (Å²) >= 11 is 5.98. The molecule has 1 N–H and O–H groups in total. The topological polar surface area (TPSA) is 67.9 Å². The van der Waals surface area contributed by atoms with Crippen LogP contribution in [0.5, 0.6) is 11.5 Å². The Morgan fingerprint density at radius 2 is 1.85 bits per heavy atom. The summed E-state index contributed by atoms with van der Waals surface area (Å²) in [6.45, 7) is 0.598. The van der Waals surface area contributed by atoms with Crippen LogP contribution >= 0.6 is 11.6 Å². The lowest BCUT2D eigenvalue weighted by Gasteiger charge is -2.29. The van der Waals surface area contributed by atoms with Crippen molar-refractivity contribution in [1.82, 2.24) is 10.2 Å². The first kappa shape index (κ1) is 18.1. The summed E-state index contributed by atoms with van der Waals surface area (Å²) < 4.78 is 11.5. The fourth-order valence-corrected chi connectivity index (χ4v) is 2.81. The maximum Gasteiger partial charge on any atom is 0.253 e. The van der Waals surface area contributed by atoms with E-state index in [1.807, 2.05) is 24.3 Å². The van der Waals surface area contributed by atoms with Crippen molar-refractivity contribution in [2.24, 2.45) is 0 Å². The lowest BCUT2D eigenvalue weighted by atomic mass is 10.2. The highest BCUT2D eigenvalue weighted by Gasteiger charge is 2.24. The van der Waals surface area contributed by atoms with Gasteiger partial charge in [0.15, 0.2) is 17.6 Å². The molecule has 0 spiro atoms. The number of likely N-dealkylation sites (N-methyl/N-ethyl adjacent to an activating group) is 1. The van der Waals surface area contributed by atoms with Crippen molar-refractivity contribution < 1.29 is 19.1 Å². The predicted molar refractivity (Wildman–Crippen MR) is 97.8 cm³/mol. The third-order valence-corrected chi connectivity index (χ3v) is 4.32. The van der Waals surface area contributed by atoms with E-state index < -0.39 is 0 Å². The van der Waals surface area contributed by atoms with Crippen molar-refractivity contribution in [3.8, 4) is 11.5 Å². The fourth-order valence-electron chi connectivity index (χ4n) is 2.59. The van der Waals surface area contributed by atoms with Gasteiger partial charge in [-0.2, -0.15) is 0 Å². The first-order valence-corrected chi connectivity index (χ1v) is 8.57. The number of nitrogens with one attached hydrogen (secondary N) is 1. The Bertz CT molecular complexity index is 812. The van der Waals surface area contributed by atoms with Crippen LogP contribution in [0.2, 0.25) is 5.02 Å². The van der Waals surface area contributed by atoms with Crippen LogP contribution in [0.25, 0.3) is 0 Å². The standard InChI is InChI=1S/C19H19ClN2O4/c1-22(11-13-12-25-16-8-4-5-9-17(16)26-13)18(23)10-21-19(24)14-6-2-3-7-15(14)20/h2-9,13H,10-12H2,1H3,(H,21,24)/t13-/m1/s1. The van der Waals surface area contributed by atoms with E-state index in [2.05, 4.69) is 5.32 Å². The maximum absolute atomic E-state index is 12.3. The molecular weight excluding hydrogens is 356 g/mol. The molecule has 1 heterocycles. The zero-order valence-corrected chi connectivity index (χ0v) is 15.0. The van der Waals surface area contributed by atoms with E-state index in [1.54, 1.807) is 31.3 Å². The number of halogens is 1. The number of hydrogen-bond acceptors (Lipinski definition) is 4. The van der Waals surface area contributed by atoms with E-state index in [0.717, 1.165) is 0 Å². The summed E-state index contributed by atoms with van der Waals surface area (Å²) in [6.07, 6.45) is -0.266. The van der Waals surface area contributed by atoms with Gasteiger partial charge in [0, 0.05) is 7.05 Å². The van der Waals surface area contributed by atoms with Crippen molar-refractivity contribution in [2.75, 3.05) is 26.7 Å². The molecule has 1 aliphatic rings. The molecular formula is C19H19ClN2O4. The highest BCUT2D eigenvalue weighted by Crippen LogP contribution is 2.30. The molecule has 0 fully saturated rings. The van der Waals surface area contributed by atoms with Gasteiger partial charge in [-0.3, -0.25) is 9.59 Å². The van der Waals surface area contributed by atoms with Crippen LogP contribution in [-0.2, 0) is 4.79 Å². The minimum atomic E-state index is -0.386. The van der Waals surface area contributed by atoms with Gasteiger partial charge >= 0.3 is 0 Å². The molecule has 2 aromatic rings. The van der Waals surface area contributed by atoms with Gasteiger partial charge in [-0.25, -0.2) is 0 Å². The lowest BCUT2D eigenvalue weighted by molar-refractivity contribution is -0.130. The van der Waals surface area contributed by atoms with Gasteiger partial charge < -0.3 is 19.7 Å². The van der Waals surface area contributed by atoms with Gasteiger partial charge in [-0.15, -0.1) is 0 Å². The summed E-state index contributed by atoms with van der Waals surface area (Å²) in [4.78, 5) is 25.9. The third kappa shape index (κ3) is 4.26. The number of para-hydroxylation sites is 2. The van der Waals surface area contributed by atoms with E-state index >= 15 is 0 Å². The molecule has 1 atom stereocenters. The van der Waals surface area contributed by atoms with Gasteiger partial charge in [-0.1, -0.05) is 35.9 Å². The highest BCUT2D eigenvalue weighted by atomic mass is 35.5. The maximum atomic E-state index is 12.3. The van der Waals surface area contributed by atoms with Crippen LogP contribution in [0.1, 0.15) is 10.4 Å². The first-order valence-electron chi connectivity index (χ1n) is 8.20. The van der Waals surface area contributed by atoms with Crippen molar-refractivity contribution in [1.29, 1.82) is 0 Å². The van der Waals surface area contributed by atoms with Crippen molar-refractivity contribution in [2.45, 2.75) is 6.10 Å². The molecule has 26 heavy (non-hydrogen) atoms. The number of rotatable bonds is 5. The fraction of sp³-hybridized carbons (Fsp3) is 0.263. The Labute approximate surface area is 156 Å². The van der Waals surface area contributed by atoms with Crippen LogP contribution in [0.15, 0.2) is 48.5 Å². The van der Waals surface area contributed by atoms with Crippen LogP contribution < -0.4 is 14.8 Å². The number of benzene rings is 2. The Morgan fingerprint density at radius 3 is 2.62 bits per heavy atom. The second-order valence-electron chi connectivity index (χ2n) is 5.93. The average Bonchev–Trinajstić information content (AvgIpc) is 2.66. The second kappa shape index (κ2) is 8.10. The number of carbonyl (C=O) groups excluding carboxylic acids is 2. The smallest absolute Gasteiger partial charge is 0.253 e. The van der Waals surface area contributed by atoms with Crippen LogP contribution in [0.4, 0.5) is 0 Å². The summed E-state index contributed by atoms with van der Waals surface area (Å²) in [5.41, 5.74) is 0.338. The van der Waals surface area contributed by atoms with Crippen LogP contribution in [-0.4, -0.2) is 49.6 Å². The highest BCUT2D eigenvalue weighted by molar-refractivity contribution is 6.33. The monoisotopic (exact) mass is 374 g/mol. The van der Waals surface area contributed by atoms with Gasteiger partial charge in [0.2, 0.25) is 5.91 Å². The molecule has 6 nitrogen and oxygen atoms in total. The Balaban J connectivity index is 1.49. The zero-order chi connectivity index (χ0) is 18.5. The van der Waals surface area contributed by atoms with Gasteiger partial charge in [0.1, 0.15) is 6.61 Å². The number of carbonyl (C=O) groups is 2. The number of amides is 2. The first-order chi connectivity index (χ1) is 12.5. The minimum absolute atomic E-state index is 0.120. The predicted octanol–water partition coefficient (Wildman–Crippen LogP) is 2.37. The molecule has 0 unspecified atom stereocenters. The molecule has 0 bridgehead atoms. The van der Waals surface area contributed by atoms with E-state index in [9.17, 15) is 9.59 Å². The SMILES string of the molecule is CN(C[C@@H]1COc2ccccc2O1)C(=O)CNC(=O)c1ccccc1Cl. The van der Waals surface area contributed by atoms with E-state index in [4.69, 9.17) is 21.1 Å². The Kier molecular flexibility index (Phi) is 5.63. The molecule has 0 saturated heterocycles. The summed E-state index contributed by atoms with van der Waals surface area (Å²) in [5.74, 6) is 0.748. The molecule has 0 aromatic heterocycles. The molecule has 2 aromatic carbocycles. The van der Waals surface area contributed by atoms with E-state index in [-0.39, 0.29) is 24.5 Å². The lowest BCUT2D eigenvalue weighted by Crippen LogP contribution is -2.45. The van der Waals surface area contributed by atoms with Crippen LogP contribution in [0.3, 0.4) is 0 Å². The second-order valence-corrected chi connectivity index (χ2v) is 6.34. The van der Waals surface area contributed by atoms with Crippen LogP contribution in [0, 0.1) is 0 Å². The van der Waals surface area contributed by atoms with E-state index in [0.29, 0.717) is 35.2 Å². The van der Waals surface area contributed by atoms with Gasteiger partial charge in [-0.05, 0) is 24.3 Å². The summed E-state index contributed by atoms with van der Waals surface area (Å²) in [5, 5.41) is 2.93. The number of fused-ring (bicyclic) bond motifs is 1. The quantitative estimate of drug-likeness (QED) is 0.872. The molecule has 1 aliphatic heterocycles. The van der Waals surface area contributed by atoms with Gasteiger partial charge in [0.25, 0.3) is 5.91 Å². The Hall–Kier alpha value is -2.73. The summed E-state index contributed by atoms with van der Waals surface area (Å²) in [7, 11) is 1.66. The van der Waals surface area contributed by atoms with Gasteiger partial charge in [0.05, 0.1) is 23.7 Å². The molecule has 7 heteroatoms. The van der Waals surface area contributed by atoms with E-state index in [1.165, 1.54) is 4.90 Å². The molecule has 3 rings (SSSR count). The molecule has 0 aliphatic carbocycles. The average molecular weight is 375 g/mol. The Morgan fingerprint density at radius 1 is 1.15 bits per heavy atom. The molecule has 0 radical (unpaired) electrons. The minimum Gasteiger partial charge on any atom is -0.486 e. The largest absolute Gasteiger partial charge is 0.486 e. The normalized spacial score (nSPS) is 15.2. The number of nitrogens with zero attached hydrogens (tertiary/aromatic N) is 1. The third-order valence-electron chi connectivity index (χ3n) is 3.99. The molecule has 0 saturated carbocycles. The van der Waals surface area contributed by atoms with Crippen molar-refractivity contribution >= 4 is 23.4 Å². The van der Waals surface area contributed by atoms with Crippen molar-refractivity contribution in [3.05, 3.63) is 59.1 Å². The zero-order valence-electron chi connectivity index (χ0n) is 14.3. The number of hydrogen-bond donors (Lipinski definition) is 1. The van der Waals surface area contributed by atoms with Crippen molar-refractivity contribution in [3.63, 3.8) is 0 Å².